The Morgan fingerprint density at radius 2 is 0.750 bits per heavy atom. The van der Waals surface area contributed by atoms with Crippen molar-refractivity contribution >= 4 is 39.0 Å². The summed E-state index contributed by atoms with van der Waals surface area (Å²) in [5, 5.41) is 2.26. The van der Waals surface area contributed by atoms with Gasteiger partial charge in [0.1, 0.15) is 11.2 Å². The van der Waals surface area contributed by atoms with Gasteiger partial charge in [-0.15, -0.1) is 0 Å². The van der Waals surface area contributed by atoms with Crippen LogP contribution in [0.1, 0.15) is 0 Å². The van der Waals surface area contributed by atoms with E-state index >= 15 is 0 Å². The Morgan fingerprint density at radius 3 is 1.43 bits per heavy atom. The van der Waals surface area contributed by atoms with Gasteiger partial charge >= 0.3 is 0 Å². The molecule has 0 atom stereocenters. The van der Waals surface area contributed by atoms with E-state index in [0.717, 1.165) is 72.4 Å². The van der Waals surface area contributed by atoms with Crippen molar-refractivity contribution in [2.45, 2.75) is 0 Å². The first-order chi connectivity index (χ1) is 27.8. The molecule has 9 aromatic carbocycles. The molecular formula is C54H37NO. The Bertz CT molecular complexity index is 2930. The van der Waals surface area contributed by atoms with E-state index in [1.807, 2.05) is 12.1 Å². The summed E-state index contributed by atoms with van der Waals surface area (Å²) in [6.07, 6.45) is 0. The van der Waals surface area contributed by atoms with Crippen LogP contribution in [0.4, 0.5) is 17.1 Å². The molecule has 0 aliphatic carbocycles. The minimum atomic E-state index is 0.903. The lowest BCUT2D eigenvalue weighted by Crippen LogP contribution is -2.11. The van der Waals surface area contributed by atoms with Crippen molar-refractivity contribution in [2.75, 3.05) is 4.90 Å². The van der Waals surface area contributed by atoms with Crippen molar-refractivity contribution in [3.63, 3.8) is 0 Å². The quantitative estimate of drug-likeness (QED) is 0.156. The second-order valence-electron chi connectivity index (χ2n) is 14.1. The van der Waals surface area contributed by atoms with Gasteiger partial charge in [-0.3, -0.25) is 0 Å². The predicted molar refractivity (Wildman–Crippen MR) is 236 cm³/mol. The maximum absolute atomic E-state index is 6.49. The number of furan rings is 1. The molecule has 0 fully saturated rings. The highest BCUT2D eigenvalue weighted by atomic mass is 16.3. The fourth-order valence-corrected chi connectivity index (χ4v) is 7.97. The molecule has 10 rings (SSSR count). The summed E-state index contributed by atoms with van der Waals surface area (Å²) in [5.74, 6) is 0. The predicted octanol–water partition coefficient (Wildman–Crippen LogP) is 15.4. The van der Waals surface area contributed by atoms with Crippen molar-refractivity contribution in [3.05, 3.63) is 224 Å². The van der Waals surface area contributed by atoms with E-state index < -0.39 is 0 Å². The van der Waals surface area contributed by atoms with Crippen LogP contribution in [-0.4, -0.2) is 0 Å². The first kappa shape index (κ1) is 33.2. The first-order valence-electron chi connectivity index (χ1n) is 19.1. The van der Waals surface area contributed by atoms with Crippen molar-refractivity contribution < 1.29 is 4.42 Å². The molecule has 0 aliphatic heterocycles. The highest BCUT2D eigenvalue weighted by Crippen LogP contribution is 2.45. The van der Waals surface area contributed by atoms with E-state index in [2.05, 4.69) is 217 Å². The molecule has 264 valence electrons. The van der Waals surface area contributed by atoms with E-state index in [9.17, 15) is 0 Å². The van der Waals surface area contributed by atoms with Crippen LogP contribution < -0.4 is 4.90 Å². The standard InChI is InChI=1S/C54H37NO/c1-4-15-38(16-5-1)40-27-32-44(33-28-40)55(52-36-31-43(39-17-6-2-7-18-39)37-51(52)41-19-8-3-9-20-41)45-34-29-42(30-35-45)46-21-10-11-22-47(46)49-24-14-25-50-48-23-12-13-26-53(48)56-54(49)50/h1-37H. The summed E-state index contributed by atoms with van der Waals surface area (Å²) in [7, 11) is 0. The molecule has 2 nitrogen and oxygen atoms in total. The molecule has 0 saturated heterocycles. The number of anilines is 3. The first-order valence-corrected chi connectivity index (χ1v) is 19.1. The Hall–Kier alpha value is -7.42. The maximum Gasteiger partial charge on any atom is 0.143 e. The monoisotopic (exact) mass is 715 g/mol. The third-order valence-corrected chi connectivity index (χ3v) is 10.7. The average Bonchev–Trinajstić information content (AvgIpc) is 3.67. The second kappa shape index (κ2) is 14.4. The highest BCUT2D eigenvalue weighted by molar-refractivity contribution is 6.10. The Morgan fingerprint density at radius 1 is 0.286 bits per heavy atom. The fourth-order valence-electron chi connectivity index (χ4n) is 7.97. The van der Waals surface area contributed by atoms with E-state index in [-0.39, 0.29) is 0 Å². The summed E-state index contributed by atoms with van der Waals surface area (Å²) >= 11 is 0. The van der Waals surface area contributed by atoms with Gasteiger partial charge in [-0.2, -0.15) is 0 Å². The summed E-state index contributed by atoms with van der Waals surface area (Å²) < 4.78 is 6.49. The van der Waals surface area contributed by atoms with Gasteiger partial charge in [0.05, 0.1) is 5.69 Å². The normalized spacial score (nSPS) is 11.2. The van der Waals surface area contributed by atoms with Gasteiger partial charge in [0.15, 0.2) is 0 Å². The Labute approximate surface area is 327 Å². The number of nitrogens with zero attached hydrogens (tertiary/aromatic N) is 1. The molecule has 0 unspecified atom stereocenters. The zero-order valence-corrected chi connectivity index (χ0v) is 30.7. The highest BCUT2D eigenvalue weighted by Gasteiger charge is 2.20. The van der Waals surface area contributed by atoms with Crippen molar-refractivity contribution in [1.29, 1.82) is 0 Å². The van der Waals surface area contributed by atoms with E-state index in [1.54, 1.807) is 0 Å². The number of hydrogen-bond acceptors (Lipinski definition) is 2. The molecule has 0 aliphatic rings. The molecule has 10 aromatic rings. The zero-order valence-electron chi connectivity index (χ0n) is 30.7. The van der Waals surface area contributed by atoms with Gasteiger partial charge in [-0.25, -0.2) is 0 Å². The molecule has 2 heteroatoms. The van der Waals surface area contributed by atoms with Crippen LogP contribution in [0, 0.1) is 0 Å². The largest absolute Gasteiger partial charge is 0.455 e. The van der Waals surface area contributed by atoms with Crippen LogP contribution >= 0.6 is 0 Å². The fraction of sp³-hybridized carbons (Fsp3) is 0. The van der Waals surface area contributed by atoms with Crippen LogP contribution in [-0.2, 0) is 0 Å². The number of benzene rings is 9. The third kappa shape index (κ3) is 6.14. The van der Waals surface area contributed by atoms with Crippen LogP contribution in [0.15, 0.2) is 229 Å². The Kier molecular flexibility index (Phi) is 8.55. The topological polar surface area (TPSA) is 16.4 Å². The smallest absolute Gasteiger partial charge is 0.143 e. The molecule has 1 heterocycles. The minimum absolute atomic E-state index is 0.903. The van der Waals surface area contributed by atoms with Gasteiger partial charge in [0, 0.05) is 33.3 Å². The van der Waals surface area contributed by atoms with E-state index in [4.69, 9.17) is 4.42 Å². The lowest BCUT2D eigenvalue weighted by molar-refractivity contribution is 0.670. The molecule has 0 spiro atoms. The summed E-state index contributed by atoms with van der Waals surface area (Å²) in [6, 6.07) is 80.0. The molecule has 1 aromatic heterocycles. The molecule has 0 radical (unpaired) electrons. The van der Waals surface area contributed by atoms with E-state index in [1.165, 1.54) is 22.3 Å². The van der Waals surface area contributed by atoms with Crippen LogP contribution in [0.3, 0.4) is 0 Å². The van der Waals surface area contributed by atoms with Gasteiger partial charge in [0.25, 0.3) is 0 Å². The number of hydrogen-bond donors (Lipinski definition) is 0. The Balaban J connectivity index is 1.11. The molecular weight excluding hydrogens is 679 g/mol. The summed E-state index contributed by atoms with van der Waals surface area (Å²) in [6.45, 7) is 0. The average molecular weight is 716 g/mol. The van der Waals surface area contributed by atoms with Crippen molar-refractivity contribution in [2.24, 2.45) is 0 Å². The van der Waals surface area contributed by atoms with Crippen molar-refractivity contribution in [3.8, 4) is 55.6 Å². The lowest BCUT2D eigenvalue weighted by atomic mass is 9.93. The van der Waals surface area contributed by atoms with Crippen molar-refractivity contribution in [1.82, 2.24) is 0 Å². The third-order valence-electron chi connectivity index (χ3n) is 10.7. The van der Waals surface area contributed by atoms with Gasteiger partial charge in [-0.05, 0) is 87.0 Å². The molecule has 0 bridgehead atoms. The maximum atomic E-state index is 6.49. The van der Waals surface area contributed by atoms with Gasteiger partial charge in [-0.1, -0.05) is 182 Å². The number of fused-ring (bicyclic) bond motifs is 3. The minimum Gasteiger partial charge on any atom is -0.455 e. The second-order valence-corrected chi connectivity index (χ2v) is 14.1. The summed E-state index contributed by atoms with van der Waals surface area (Å²) in [5.41, 5.74) is 16.7. The zero-order chi connectivity index (χ0) is 37.3. The molecule has 0 amide bonds. The van der Waals surface area contributed by atoms with Gasteiger partial charge < -0.3 is 9.32 Å². The van der Waals surface area contributed by atoms with Crippen LogP contribution in [0.2, 0.25) is 0 Å². The lowest BCUT2D eigenvalue weighted by Gasteiger charge is -2.29. The summed E-state index contributed by atoms with van der Waals surface area (Å²) in [4.78, 5) is 2.39. The molecule has 56 heavy (non-hydrogen) atoms. The van der Waals surface area contributed by atoms with E-state index in [0.29, 0.717) is 0 Å². The van der Waals surface area contributed by atoms with Crippen LogP contribution in [0.5, 0.6) is 0 Å². The molecule has 0 N–H and O–H groups in total. The molecule has 0 saturated carbocycles. The SMILES string of the molecule is c1ccc(-c2ccc(N(c3ccc(-c4ccccc4-c4cccc5c4oc4ccccc45)cc3)c3ccc(-c4ccccc4)cc3-c3ccccc3)cc2)cc1. The number of rotatable bonds is 8. The van der Waals surface area contributed by atoms with Crippen LogP contribution in [0.25, 0.3) is 77.6 Å². The number of para-hydroxylation sites is 2. The van der Waals surface area contributed by atoms with Gasteiger partial charge in [0.2, 0.25) is 0 Å².